The van der Waals surface area contributed by atoms with Gasteiger partial charge in [0.15, 0.2) is 11.6 Å². The summed E-state index contributed by atoms with van der Waals surface area (Å²) in [4.78, 5) is 4.55. The van der Waals surface area contributed by atoms with Gasteiger partial charge in [0.25, 0.3) is 0 Å². The van der Waals surface area contributed by atoms with Gasteiger partial charge in [0.2, 0.25) is 0 Å². The molecule has 0 saturated heterocycles. The van der Waals surface area contributed by atoms with E-state index < -0.39 is 11.9 Å². The van der Waals surface area contributed by atoms with Crippen LogP contribution in [0.2, 0.25) is 0 Å². The number of hydrogen-bond donors (Lipinski definition) is 3. The molecule has 0 radical (unpaired) electrons. The fourth-order valence-electron chi connectivity index (χ4n) is 4.94. The Balaban J connectivity index is 1.39. The van der Waals surface area contributed by atoms with Gasteiger partial charge in [-0.05, 0) is 44.7 Å². The molecular weight excluding hydrogens is 489 g/mol. The predicted molar refractivity (Wildman–Crippen MR) is 139 cm³/mol. The first-order chi connectivity index (χ1) is 18.5. The number of aliphatic hydroxyl groups is 2. The number of aliphatic hydroxyl groups excluding tert-OH is 2. The molecule has 3 N–H and O–H groups in total. The molecule has 1 aliphatic carbocycles. The second kappa shape index (κ2) is 11.2. The zero-order chi connectivity index (χ0) is 26.6. The first-order valence-electron chi connectivity index (χ1n) is 12.8. The number of ether oxygens (including phenoxy) is 1. The minimum atomic E-state index is -0.894. The van der Waals surface area contributed by atoms with Crippen molar-refractivity contribution in [2.75, 3.05) is 18.5 Å². The molecule has 38 heavy (non-hydrogen) atoms. The van der Waals surface area contributed by atoms with Gasteiger partial charge in [0.05, 0.1) is 48.7 Å². The average Bonchev–Trinajstić information content (AvgIpc) is 3.55. The average molecular weight is 520 g/mol. The molecule has 0 spiro atoms. The Kier molecular flexibility index (Phi) is 7.53. The summed E-state index contributed by atoms with van der Waals surface area (Å²) in [5.74, 6) is 0.263. The smallest absolute Gasteiger partial charge is 0.182 e. The molecule has 198 valence electrons. The number of nitrogens with zero attached hydrogens (tertiary/aromatic N) is 6. The van der Waals surface area contributed by atoms with Gasteiger partial charge in [-0.2, -0.15) is 15.5 Å². The molecule has 1 fully saturated rings. The Hall–Kier alpha value is -4.01. The van der Waals surface area contributed by atoms with Crippen LogP contribution in [0.5, 0.6) is 5.75 Å². The number of rotatable bonds is 9. The molecule has 0 unspecified atom stereocenters. The maximum absolute atomic E-state index is 14.5. The maximum atomic E-state index is 14.5. The summed E-state index contributed by atoms with van der Waals surface area (Å²) in [6.45, 7) is 2.60. The molecule has 0 amide bonds. The maximum Gasteiger partial charge on any atom is 0.182 e. The molecule has 11 heteroatoms. The van der Waals surface area contributed by atoms with Crippen LogP contribution in [-0.2, 0) is 6.54 Å². The lowest BCUT2D eigenvalue weighted by atomic mass is 9.93. The summed E-state index contributed by atoms with van der Waals surface area (Å²) in [6, 6.07) is 8.60. The van der Waals surface area contributed by atoms with Crippen LogP contribution < -0.4 is 10.1 Å². The van der Waals surface area contributed by atoms with E-state index in [0.717, 1.165) is 60.2 Å². The number of nitrogens with one attached hydrogen (secondary N) is 1. The van der Waals surface area contributed by atoms with E-state index in [2.05, 4.69) is 15.4 Å². The summed E-state index contributed by atoms with van der Waals surface area (Å²) < 4.78 is 24.1. The molecule has 0 bridgehead atoms. The highest BCUT2D eigenvalue weighted by Gasteiger charge is 2.28. The lowest BCUT2D eigenvalue weighted by Gasteiger charge is -2.29. The molecule has 10 nitrogen and oxygen atoms in total. The fourth-order valence-corrected chi connectivity index (χ4v) is 4.94. The number of benzene rings is 1. The largest absolute Gasteiger partial charge is 0.487 e. The quantitative estimate of drug-likeness (QED) is 0.305. The lowest BCUT2D eigenvalue weighted by Crippen LogP contribution is -2.26. The van der Waals surface area contributed by atoms with Crippen molar-refractivity contribution < 1.29 is 19.3 Å². The SMILES string of the molecule is CCNc1cc2c(cn1)c(-c1cnn(C[C@H](O)CO)c1)nn2[C@H]1CC[C@@H](Oc2cccc(C#N)c2F)CC1. The van der Waals surface area contributed by atoms with Gasteiger partial charge >= 0.3 is 0 Å². The number of hydrogen-bond acceptors (Lipinski definition) is 8. The molecular formula is C27H30FN7O3. The van der Waals surface area contributed by atoms with Gasteiger partial charge in [-0.15, -0.1) is 0 Å². The summed E-state index contributed by atoms with van der Waals surface area (Å²) in [7, 11) is 0. The first-order valence-corrected chi connectivity index (χ1v) is 12.8. The number of pyridine rings is 1. The van der Waals surface area contributed by atoms with Gasteiger partial charge in [-0.25, -0.2) is 9.37 Å². The normalized spacial score (nSPS) is 18.3. The van der Waals surface area contributed by atoms with Crippen LogP contribution in [0.1, 0.15) is 44.2 Å². The molecule has 4 aromatic rings. The van der Waals surface area contributed by atoms with Gasteiger partial charge in [-0.3, -0.25) is 9.36 Å². The highest BCUT2D eigenvalue weighted by Crippen LogP contribution is 2.37. The van der Waals surface area contributed by atoms with Crippen molar-refractivity contribution in [3.05, 3.63) is 54.2 Å². The van der Waals surface area contributed by atoms with Crippen LogP contribution in [-0.4, -0.2) is 60.1 Å². The van der Waals surface area contributed by atoms with Gasteiger partial charge in [0, 0.05) is 36.0 Å². The zero-order valence-electron chi connectivity index (χ0n) is 21.1. The van der Waals surface area contributed by atoms with Crippen molar-refractivity contribution in [1.82, 2.24) is 24.5 Å². The highest BCUT2D eigenvalue weighted by atomic mass is 19.1. The lowest BCUT2D eigenvalue weighted by molar-refractivity contribution is 0.0783. The molecule has 1 atom stereocenters. The van der Waals surface area contributed by atoms with E-state index in [1.165, 1.54) is 6.07 Å². The van der Waals surface area contributed by atoms with Crippen LogP contribution in [0.3, 0.4) is 0 Å². The third-order valence-corrected chi connectivity index (χ3v) is 6.83. The number of anilines is 1. The van der Waals surface area contributed by atoms with Crippen LogP contribution in [0.25, 0.3) is 22.2 Å². The van der Waals surface area contributed by atoms with Crippen molar-refractivity contribution >= 4 is 16.7 Å². The molecule has 0 aliphatic heterocycles. The Morgan fingerprint density at radius 1 is 1.26 bits per heavy atom. The summed E-state index contributed by atoms with van der Waals surface area (Å²) >= 11 is 0. The van der Waals surface area contributed by atoms with Crippen LogP contribution in [0, 0.1) is 17.1 Å². The Morgan fingerprint density at radius 2 is 2.08 bits per heavy atom. The van der Waals surface area contributed by atoms with E-state index in [9.17, 15) is 9.50 Å². The predicted octanol–water partition coefficient (Wildman–Crippen LogP) is 3.65. The monoisotopic (exact) mass is 519 g/mol. The van der Waals surface area contributed by atoms with E-state index in [-0.39, 0.29) is 36.6 Å². The van der Waals surface area contributed by atoms with Crippen molar-refractivity contribution in [2.24, 2.45) is 0 Å². The number of fused-ring (bicyclic) bond motifs is 1. The molecule has 3 aromatic heterocycles. The van der Waals surface area contributed by atoms with Crippen LogP contribution in [0.4, 0.5) is 10.2 Å². The molecule has 1 aromatic carbocycles. The van der Waals surface area contributed by atoms with Crippen molar-refractivity contribution in [2.45, 2.75) is 57.4 Å². The number of nitriles is 1. The van der Waals surface area contributed by atoms with E-state index in [1.807, 2.05) is 29.9 Å². The number of halogens is 1. The van der Waals surface area contributed by atoms with Gasteiger partial charge in [0.1, 0.15) is 17.6 Å². The Bertz CT molecular complexity index is 1450. The molecule has 1 aliphatic rings. The Morgan fingerprint density at radius 3 is 2.82 bits per heavy atom. The second-order valence-corrected chi connectivity index (χ2v) is 9.48. The Labute approximate surface area is 219 Å². The minimum absolute atomic E-state index is 0.0222. The zero-order valence-corrected chi connectivity index (χ0v) is 21.1. The highest BCUT2D eigenvalue weighted by molar-refractivity contribution is 5.93. The first kappa shape index (κ1) is 25.6. The van der Waals surface area contributed by atoms with E-state index in [1.54, 1.807) is 29.2 Å². The van der Waals surface area contributed by atoms with Crippen molar-refractivity contribution in [1.29, 1.82) is 5.26 Å². The van der Waals surface area contributed by atoms with E-state index >= 15 is 0 Å². The second-order valence-electron chi connectivity index (χ2n) is 9.48. The van der Waals surface area contributed by atoms with Gasteiger partial charge < -0.3 is 20.3 Å². The summed E-state index contributed by atoms with van der Waals surface area (Å²) in [5.41, 5.74) is 2.47. The van der Waals surface area contributed by atoms with Crippen molar-refractivity contribution in [3.63, 3.8) is 0 Å². The minimum Gasteiger partial charge on any atom is -0.487 e. The number of aromatic nitrogens is 5. The van der Waals surface area contributed by atoms with E-state index in [4.69, 9.17) is 20.2 Å². The molecule has 3 heterocycles. The third-order valence-electron chi connectivity index (χ3n) is 6.83. The van der Waals surface area contributed by atoms with Gasteiger partial charge in [-0.1, -0.05) is 6.07 Å². The molecule has 1 saturated carbocycles. The standard InChI is InChI=1S/C27H30FN7O3/c1-2-30-25-10-23-22(13-31-25)27(18-12-32-34(14-18)15-20(37)16-36)33-35(23)19-6-8-21(9-7-19)38-24-5-3-4-17(11-29)26(24)28/h3-5,10,12-14,19-21,36-37H,2,6-9,15-16H2,1H3,(H,30,31)/t19-,20-,21+/m0/s1. The fraction of sp³-hybridized carbons (Fsp3) is 0.407. The summed E-state index contributed by atoms with van der Waals surface area (Å²) in [6.07, 6.45) is 7.30. The van der Waals surface area contributed by atoms with Crippen molar-refractivity contribution in [3.8, 4) is 23.1 Å². The molecule has 5 rings (SSSR count). The topological polar surface area (TPSA) is 134 Å². The van der Waals surface area contributed by atoms with Crippen LogP contribution >= 0.6 is 0 Å². The third kappa shape index (κ3) is 5.18. The van der Waals surface area contributed by atoms with E-state index in [0.29, 0.717) is 0 Å². The summed E-state index contributed by atoms with van der Waals surface area (Å²) in [5, 5.41) is 41.5. The van der Waals surface area contributed by atoms with Crippen LogP contribution in [0.15, 0.2) is 42.9 Å².